The molecule has 0 bridgehead atoms. The van der Waals surface area contributed by atoms with Crippen LogP contribution in [0.15, 0.2) is 72.8 Å². The first-order valence-corrected chi connectivity index (χ1v) is 10.0. The number of para-hydroxylation sites is 1. The number of rotatable bonds is 8. The second-order valence-corrected chi connectivity index (χ2v) is 7.17. The van der Waals surface area contributed by atoms with E-state index in [4.69, 9.17) is 4.74 Å². The fraction of sp³-hybridized carbons (Fsp3) is 0.167. The zero-order valence-electron chi connectivity index (χ0n) is 17.7. The van der Waals surface area contributed by atoms with Crippen molar-refractivity contribution in [3.63, 3.8) is 0 Å². The summed E-state index contributed by atoms with van der Waals surface area (Å²) in [5.41, 5.74) is 1.78. The van der Waals surface area contributed by atoms with Gasteiger partial charge in [-0.2, -0.15) is 13.2 Å². The smallest absolute Gasteiger partial charge is 0.405 e. The van der Waals surface area contributed by atoms with Gasteiger partial charge in [0.1, 0.15) is 18.0 Å². The summed E-state index contributed by atoms with van der Waals surface area (Å²) in [6.07, 6.45) is -4.50. The standard InChI is InChI=1S/C24H22F3N3O3/c1-16-10-11-17(23(32)29-15-24(25,26)27)12-21(16)28-14-22(31)30-18-6-5-9-20(13-18)33-19-7-3-2-4-8-19/h2-13,28H,14-15H2,1H3,(H,29,32)(H,30,31). The lowest BCUT2D eigenvalue weighted by atomic mass is 10.1. The molecule has 0 spiro atoms. The Morgan fingerprint density at radius 3 is 2.36 bits per heavy atom. The maximum Gasteiger partial charge on any atom is 0.405 e. The van der Waals surface area contributed by atoms with E-state index >= 15 is 0 Å². The Kier molecular flexibility index (Phi) is 7.55. The second kappa shape index (κ2) is 10.5. The van der Waals surface area contributed by atoms with Gasteiger partial charge in [0, 0.05) is 23.0 Å². The van der Waals surface area contributed by atoms with Gasteiger partial charge in [-0.1, -0.05) is 30.3 Å². The Labute approximate surface area is 188 Å². The molecule has 0 aliphatic carbocycles. The van der Waals surface area contributed by atoms with Crippen LogP contribution in [-0.2, 0) is 4.79 Å². The van der Waals surface area contributed by atoms with Gasteiger partial charge in [-0.25, -0.2) is 0 Å². The van der Waals surface area contributed by atoms with Crippen molar-refractivity contribution in [2.45, 2.75) is 13.1 Å². The molecule has 0 aromatic heterocycles. The Morgan fingerprint density at radius 2 is 1.64 bits per heavy atom. The van der Waals surface area contributed by atoms with Gasteiger partial charge in [0.25, 0.3) is 5.91 Å². The molecular formula is C24H22F3N3O3. The zero-order valence-corrected chi connectivity index (χ0v) is 17.7. The molecule has 6 nitrogen and oxygen atoms in total. The Hall–Kier alpha value is -4.01. The third-order valence-corrected chi connectivity index (χ3v) is 4.49. The molecule has 0 aliphatic rings. The van der Waals surface area contributed by atoms with Gasteiger partial charge in [0.15, 0.2) is 0 Å². The molecule has 0 saturated heterocycles. The van der Waals surface area contributed by atoms with Gasteiger partial charge >= 0.3 is 6.18 Å². The molecular weight excluding hydrogens is 435 g/mol. The molecule has 3 N–H and O–H groups in total. The highest BCUT2D eigenvalue weighted by molar-refractivity contribution is 5.96. The third-order valence-electron chi connectivity index (χ3n) is 4.49. The highest BCUT2D eigenvalue weighted by Crippen LogP contribution is 2.24. The van der Waals surface area contributed by atoms with Crippen LogP contribution < -0.4 is 20.7 Å². The average molecular weight is 457 g/mol. The molecule has 0 radical (unpaired) electrons. The van der Waals surface area contributed by atoms with Crippen LogP contribution in [0.2, 0.25) is 0 Å². The molecule has 3 rings (SSSR count). The van der Waals surface area contributed by atoms with Crippen LogP contribution in [0.25, 0.3) is 0 Å². The summed E-state index contributed by atoms with van der Waals surface area (Å²) < 4.78 is 42.7. The largest absolute Gasteiger partial charge is 0.457 e. The number of amides is 2. The minimum Gasteiger partial charge on any atom is -0.457 e. The number of hydrogen-bond acceptors (Lipinski definition) is 4. The van der Waals surface area contributed by atoms with Crippen molar-refractivity contribution in [1.82, 2.24) is 5.32 Å². The van der Waals surface area contributed by atoms with Crippen LogP contribution in [0.3, 0.4) is 0 Å². The first-order valence-electron chi connectivity index (χ1n) is 10.0. The summed E-state index contributed by atoms with van der Waals surface area (Å²) in [6.45, 7) is 0.220. The molecule has 9 heteroatoms. The molecule has 3 aromatic rings. The van der Waals surface area contributed by atoms with E-state index in [1.165, 1.54) is 12.1 Å². The molecule has 33 heavy (non-hydrogen) atoms. The van der Waals surface area contributed by atoms with E-state index in [0.717, 1.165) is 5.56 Å². The van der Waals surface area contributed by atoms with Crippen LogP contribution in [0.4, 0.5) is 24.5 Å². The summed E-state index contributed by atoms with van der Waals surface area (Å²) in [5.74, 6) is 0.0193. The number of hydrogen-bond donors (Lipinski definition) is 3. The molecule has 0 unspecified atom stereocenters. The van der Waals surface area contributed by atoms with Gasteiger partial charge in [0.2, 0.25) is 5.91 Å². The van der Waals surface area contributed by atoms with E-state index in [0.29, 0.717) is 22.9 Å². The first-order chi connectivity index (χ1) is 15.7. The maximum atomic E-state index is 12.4. The molecule has 0 aliphatic heterocycles. The van der Waals surface area contributed by atoms with E-state index < -0.39 is 18.6 Å². The Bertz CT molecular complexity index is 1120. The van der Waals surface area contributed by atoms with Crippen molar-refractivity contribution in [3.8, 4) is 11.5 Å². The summed E-state index contributed by atoms with van der Waals surface area (Å²) in [4.78, 5) is 24.3. The number of alkyl halides is 3. The van der Waals surface area contributed by atoms with Crippen molar-refractivity contribution < 1.29 is 27.5 Å². The van der Waals surface area contributed by atoms with E-state index in [1.807, 2.05) is 35.6 Å². The minimum atomic E-state index is -4.50. The second-order valence-electron chi connectivity index (χ2n) is 7.17. The van der Waals surface area contributed by atoms with E-state index in [1.54, 1.807) is 37.3 Å². The fourth-order valence-corrected chi connectivity index (χ4v) is 2.88. The van der Waals surface area contributed by atoms with Crippen molar-refractivity contribution in [3.05, 3.63) is 83.9 Å². The normalized spacial score (nSPS) is 10.9. The number of halogens is 3. The van der Waals surface area contributed by atoms with E-state index in [-0.39, 0.29) is 18.0 Å². The molecule has 3 aromatic carbocycles. The van der Waals surface area contributed by atoms with Crippen LogP contribution in [-0.4, -0.2) is 31.1 Å². The summed E-state index contributed by atoms with van der Waals surface area (Å²) >= 11 is 0. The van der Waals surface area contributed by atoms with Crippen molar-refractivity contribution in [2.24, 2.45) is 0 Å². The van der Waals surface area contributed by atoms with Crippen LogP contribution in [0, 0.1) is 6.92 Å². The highest BCUT2D eigenvalue weighted by atomic mass is 19.4. The zero-order chi connectivity index (χ0) is 23.8. The van der Waals surface area contributed by atoms with Crippen molar-refractivity contribution in [1.29, 1.82) is 0 Å². The van der Waals surface area contributed by atoms with Crippen LogP contribution in [0.1, 0.15) is 15.9 Å². The third kappa shape index (κ3) is 7.57. The quantitative estimate of drug-likeness (QED) is 0.438. The number of nitrogens with one attached hydrogen (secondary N) is 3. The van der Waals surface area contributed by atoms with Gasteiger partial charge in [0.05, 0.1) is 6.54 Å². The molecule has 172 valence electrons. The maximum absolute atomic E-state index is 12.4. The monoisotopic (exact) mass is 457 g/mol. The first kappa shape index (κ1) is 23.6. The highest BCUT2D eigenvalue weighted by Gasteiger charge is 2.28. The molecule has 0 heterocycles. The minimum absolute atomic E-state index is 0.0542. The number of anilines is 2. The van der Waals surface area contributed by atoms with E-state index in [2.05, 4.69) is 10.6 Å². The number of carbonyl (C=O) groups is 2. The predicted octanol–water partition coefficient (Wildman–Crippen LogP) is 5.13. The fourth-order valence-electron chi connectivity index (χ4n) is 2.88. The SMILES string of the molecule is Cc1ccc(C(=O)NCC(F)(F)F)cc1NCC(=O)Nc1cccc(Oc2ccccc2)c1. The lowest BCUT2D eigenvalue weighted by Crippen LogP contribution is -2.33. The van der Waals surface area contributed by atoms with Gasteiger partial charge in [-0.3, -0.25) is 9.59 Å². The number of aryl methyl sites for hydroxylation is 1. The van der Waals surface area contributed by atoms with Gasteiger partial charge in [-0.15, -0.1) is 0 Å². The number of carbonyl (C=O) groups excluding carboxylic acids is 2. The lowest BCUT2D eigenvalue weighted by molar-refractivity contribution is -0.123. The lowest BCUT2D eigenvalue weighted by Gasteiger charge is -2.13. The Balaban J connectivity index is 1.57. The van der Waals surface area contributed by atoms with Crippen molar-refractivity contribution in [2.75, 3.05) is 23.7 Å². The van der Waals surface area contributed by atoms with Gasteiger partial charge < -0.3 is 20.7 Å². The summed E-state index contributed by atoms with van der Waals surface area (Å²) in [7, 11) is 0. The van der Waals surface area contributed by atoms with Crippen LogP contribution in [0.5, 0.6) is 11.5 Å². The molecule has 0 saturated carbocycles. The van der Waals surface area contributed by atoms with Gasteiger partial charge in [-0.05, 0) is 48.9 Å². The number of benzene rings is 3. The average Bonchev–Trinajstić information content (AvgIpc) is 2.77. The van der Waals surface area contributed by atoms with Crippen LogP contribution >= 0.6 is 0 Å². The predicted molar refractivity (Wildman–Crippen MR) is 120 cm³/mol. The van der Waals surface area contributed by atoms with Crippen molar-refractivity contribution >= 4 is 23.2 Å². The molecule has 2 amide bonds. The summed E-state index contributed by atoms with van der Waals surface area (Å²) in [5, 5.41) is 7.48. The topological polar surface area (TPSA) is 79.5 Å². The number of ether oxygens (including phenoxy) is 1. The molecule has 0 atom stereocenters. The summed E-state index contributed by atoms with van der Waals surface area (Å²) in [6, 6.07) is 20.5. The Morgan fingerprint density at radius 1 is 0.909 bits per heavy atom. The van der Waals surface area contributed by atoms with E-state index in [9.17, 15) is 22.8 Å². The molecule has 0 fully saturated rings.